The van der Waals surface area contributed by atoms with E-state index >= 15 is 0 Å². The molecule has 66 valence electrons. The molecular formula is C8H18O2Si. The first kappa shape index (κ1) is 10.9. The number of ether oxygens (including phenoxy) is 1. The molecule has 0 fully saturated rings. The third-order valence-electron chi connectivity index (χ3n) is 0.993. The summed E-state index contributed by atoms with van der Waals surface area (Å²) in [4.78, 5) is 0. The molecule has 0 aromatic carbocycles. The summed E-state index contributed by atoms with van der Waals surface area (Å²) in [5.74, 6) is 0. The van der Waals surface area contributed by atoms with E-state index in [-0.39, 0.29) is 6.29 Å². The predicted molar refractivity (Wildman–Crippen MR) is 50.0 cm³/mol. The van der Waals surface area contributed by atoms with Crippen molar-refractivity contribution in [2.24, 2.45) is 0 Å². The standard InChI is InChI=1S/C8H18O2Si/c1-6-8(9-7-2)10-11(3,4)5/h6,8H,1,7H2,2-5H3. The Balaban J connectivity index is 3.77. The molecule has 0 N–H and O–H groups in total. The van der Waals surface area contributed by atoms with E-state index < -0.39 is 8.32 Å². The van der Waals surface area contributed by atoms with Crippen molar-refractivity contribution in [2.75, 3.05) is 6.61 Å². The molecule has 11 heavy (non-hydrogen) atoms. The van der Waals surface area contributed by atoms with Crippen molar-refractivity contribution >= 4 is 8.32 Å². The average molecular weight is 174 g/mol. The fourth-order valence-electron chi connectivity index (χ4n) is 0.663. The minimum absolute atomic E-state index is 0.216. The summed E-state index contributed by atoms with van der Waals surface area (Å²) in [6, 6.07) is 0. The summed E-state index contributed by atoms with van der Waals surface area (Å²) in [7, 11) is -1.47. The van der Waals surface area contributed by atoms with Crippen molar-refractivity contribution in [1.29, 1.82) is 0 Å². The molecule has 0 rings (SSSR count). The van der Waals surface area contributed by atoms with Crippen molar-refractivity contribution in [3.63, 3.8) is 0 Å². The molecule has 0 aliphatic carbocycles. The third kappa shape index (κ3) is 6.28. The van der Waals surface area contributed by atoms with E-state index in [9.17, 15) is 0 Å². The molecule has 0 amide bonds. The van der Waals surface area contributed by atoms with Crippen molar-refractivity contribution < 1.29 is 9.16 Å². The van der Waals surface area contributed by atoms with Crippen molar-refractivity contribution in [3.8, 4) is 0 Å². The van der Waals surface area contributed by atoms with Crippen LogP contribution in [0, 0.1) is 0 Å². The molecule has 0 bridgehead atoms. The summed E-state index contributed by atoms with van der Waals surface area (Å²) < 4.78 is 10.9. The van der Waals surface area contributed by atoms with Crippen LogP contribution in [-0.2, 0) is 9.16 Å². The highest BCUT2D eigenvalue weighted by molar-refractivity contribution is 6.69. The van der Waals surface area contributed by atoms with Gasteiger partial charge in [0, 0.05) is 6.61 Å². The van der Waals surface area contributed by atoms with Crippen LogP contribution in [0.15, 0.2) is 12.7 Å². The Kier molecular flexibility index (Phi) is 4.64. The Morgan fingerprint density at radius 2 is 2.00 bits per heavy atom. The molecule has 0 saturated heterocycles. The highest BCUT2D eigenvalue weighted by Crippen LogP contribution is 2.08. The lowest BCUT2D eigenvalue weighted by Crippen LogP contribution is -2.32. The van der Waals surface area contributed by atoms with Gasteiger partial charge in [-0.1, -0.05) is 6.58 Å². The zero-order valence-corrected chi connectivity index (χ0v) is 8.89. The lowest BCUT2D eigenvalue weighted by molar-refractivity contribution is -0.0453. The second-order valence-electron chi connectivity index (χ2n) is 3.29. The zero-order chi connectivity index (χ0) is 8.91. The van der Waals surface area contributed by atoms with E-state index in [1.54, 1.807) is 6.08 Å². The fourth-order valence-corrected chi connectivity index (χ4v) is 1.52. The molecule has 0 radical (unpaired) electrons. The van der Waals surface area contributed by atoms with Gasteiger partial charge in [0.25, 0.3) is 0 Å². The Morgan fingerprint density at radius 1 is 1.45 bits per heavy atom. The third-order valence-corrected chi connectivity index (χ3v) is 1.93. The smallest absolute Gasteiger partial charge is 0.187 e. The summed E-state index contributed by atoms with van der Waals surface area (Å²) in [6.07, 6.45) is 1.48. The van der Waals surface area contributed by atoms with Gasteiger partial charge in [-0.05, 0) is 32.6 Å². The molecule has 0 heterocycles. The Bertz CT molecular complexity index is 118. The Labute approximate surface area is 70.3 Å². The molecule has 0 aromatic rings. The molecule has 1 unspecified atom stereocenters. The van der Waals surface area contributed by atoms with Crippen LogP contribution in [0.2, 0.25) is 19.6 Å². The van der Waals surface area contributed by atoms with Crippen LogP contribution in [-0.4, -0.2) is 21.2 Å². The van der Waals surface area contributed by atoms with Gasteiger partial charge in [-0.25, -0.2) is 0 Å². The SMILES string of the molecule is C=CC(OCC)O[Si](C)(C)C. The van der Waals surface area contributed by atoms with Crippen LogP contribution in [0.25, 0.3) is 0 Å². The largest absolute Gasteiger partial charge is 0.390 e. The summed E-state index contributed by atoms with van der Waals surface area (Å²) in [5.41, 5.74) is 0. The van der Waals surface area contributed by atoms with Gasteiger partial charge in [0.05, 0.1) is 0 Å². The molecule has 0 spiro atoms. The monoisotopic (exact) mass is 174 g/mol. The van der Waals surface area contributed by atoms with Gasteiger partial charge in [0.15, 0.2) is 14.6 Å². The summed E-state index contributed by atoms with van der Waals surface area (Å²) in [6.45, 7) is 12.6. The van der Waals surface area contributed by atoms with Crippen LogP contribution < -0.4 is 0 Å². The lowest BCUT2D eigenvalue weighted by Gasteiger charge is -2.23. The van der Waals surface area contributed by atoms with Crippen LogP contribution >= 0.6 is 0 Å². The van der Waals surface area contributed by atoms with Crippen LogP contribution in [0.4, 0.5) is 0 Å². The molecule has 2 nitrogen and oxygen atoms in total. The van der Waals surface area contributed by atoms with E-state index in [2.05, 4.69) is 26.2 Å². The zero-order valence-electron chi connectivity index (χ0n) is 7.89. The fraction of sp³-hybridized carbons (Fsp3) is 0.750. The van der Waals surface area contributed by atoms with Crippen LogP contribution in [0.1, 0.15) is 6.92 Å². The Morgan fingerprint density at radius 3 is 2.27 bits per heavy atom. The minimum atomic E-state index is -1.47. The first-order valence-corrected chi connectivity index (χ1v) is 7.32. The van der Waals surface area contributed by atoms with E-state index in [4.69, 9.17) is 9.16 Å². The number of rotatable bonds is 5. The maximum Gasteiger partial charge on any atom is 0.187 e. The minimum Gasteiger partial charge on any atom is -0.390 e. The molecular weight excluding hydrogens is 156 g/mol. The molecule has 1 atom stereocenters. The molecule has 0 aromatic heterocycles. The first-order chi connectivity index (χ1) is 4.99. The second-order valence-corrected chi connectivity index (χ2v) is 7.75. The predicted octanol–water partition coefficient (Wildman–Crippen LogP) is 2.39. The maximum absolute atomic E-state index is 5.63. The van der Waals surface area contributed by atoms with E-state index in [0.29, 0.717) is 6.61 Å². The van der Waals surface area contributed by atoms with E-state index in [1.165, 1.54) is 0 Å². The van der Waals surface area contributed by atoms with Gasteiger partial charge in [-0.2, -0.15) is 0 Å². The van der Waals surface area contributed by atoms with E-state index in [0.717, 1.165) is 0 Å². The topological polar surface area (TPSA) is 18.5 Å². The van der Waals surface area contributed by atoms with Gasteiger partial charge < -0.3 is 9.16 Å². The lowest BCUT2D eigenvalue weighted by atomic mass is 10.6. The highest BCUT2D eigenvalue weighted by Gasteiger charge is 2.18. The summed E-state index contributed by atoms with van der Waals surface area (Å²) >= 11 is 0. The van der Waals surface area contributed by atoms with Crippen LogP contribution in [0.5, 0.6) is 0 Å². The average Bonchev–Trinajstić information content (AvgIpc) is 1.84. The van der Waals surface area contributed by atoms with Crippen molar-refractivity contribution in [3.05, 3.63) is 12.7 Å². The Hall–Kier alpha value is -0.123. The van der Waals surface area contributed by atoms with Gasteiger partial charge in [-0.15, -0.1) is 0 Å². The van der Waals surface area contributed by atoms with Crippen molar-refractivity contribution in [1.82, 2.24) is 0 Å². The van der Waals surface area contributed by atoms with E-state index in [1.807, 2.05) is 6.92 Å². The maximum atomic E-state index is 5.63. The molecule has 0 aliphatic rings. The van der Waals surface area contributed by atoms with Crippen molar-refractivity contribution in [2.45, 2.75) is 32.9 Å². The van der Waals surface area contributed by atoms with Crippen LogP contribution in [0.3, 0.4) is 0 Å². The normalized spacial score (nSPS) is 14.5. The molecule has 3 heteroatoms. The highest BCUT2D eigenvalue weighted by atomic mass is 28.4. The number of hydrogen-bond donors (Lipinski definition) is 0. The van der Waals surface area contributed by atoms with Gasteiger partial charge in [-0.3, -0.25) is 0 Å². The first-order valence-electron chi connectivity index (χ1n) is 3.91. The molecule has 0 saturated carbocycles. The van der Waals surface area contributed by atoms with Gasteiger partial charge >= 0.3 is 0 Å². The van der Waals surface area contributed by atoms with Gasteiger partial charge in [0.1, 0.15) is 0 Å². The quantitative estimate of drug-likeness (QED) is 0.362. The summed E-state index contributed by atoms with van der Waals surface area (Å²) in [5, 5.41) is 0. The van der Waals surface area contributed by atoms with Gasteiger partial charge in [0.2, 0.25) is 0 Å². The molecule has 0 aliphatic heterocycles. The number of hydrogen-bond acceptors (Lipinski definition) is 2. The second kappa shape index (κ2) is 4.69.